The molecule has 2 aromatic rings. The molecule has 94 valence electrons. The SMILES string of the molecule is Cc1csc(CCNC2CCc3ccccc32)n1. The van der Waals surface area contributed by atoms with Gasteiger partial charge in [0.2, 0.25) is 0 Å². The van der Waals surface area contributed by atoms with Crippen LogP contribution < -0.4 is 5.32 Å². The van der Waals surface area contributed by atoms with E-state index in [2.05, 4.69) is 46.9 Å². The minimum atomic E-state index is 0.544. The van der Waals surface area contributed by atoms with Gasteiger partial charge in [-0.1, -0.05) is 24.3 Å². The molecular weight excluding hydrogens is 240 g/mol. The third-order valence-electron chi connectivity index (χ3n) is 3.53. The van der Waals surface area contributed by atoms with Crippen LogP contribution in [0.4, 0.5) is 0 Å². The molecule has 3 rings (SSSR count). The van der Waals surface area contributed by atoms with Gasteiger partial charge in [-0.05, 0) is 30.9 Å². The fraction of sp³-hybridized carbons (Fsp3) is 0.400. The third-order valence-corrected chi connectivity index (χ3v) is 4.56. The van der Waals surface area contributed by atoms with Crippen LogP contribution in [0.5, 0.6) is 0 Å². The fourth-order valence-electron chi connectivity index (χ4n) is 2.64. The molecule has 3 heteroatoms. The zero-order valence-corrected chi connectivity index (χ0v) is 11.5. The minimum absolute atomic E-state index is 0.544. The molecule has 1 aromatic carbocycles. The molecule has 0 fully saturated rings. The Morgan fingerprint density at radius 2 is 2.28 bits per heavy atom. The average molecular weight is 258 g/mol. The maximum atomic E-state index is 4.50. The van der Waals surface area contributed by atoms with Gasteiger partial charge >= 0.3 is 0 Å². The van der Waals surface area contributed by atoms with Gasteiger partial charge in [0.1, 0.15) is 0 Å². The van der Waals surface area contributed by atoms with Crippen LogP contribution >= 0.6 is 11.3 Å². The van der Waals surface area contributed by atoms with E-state index in [9.17, 15) is 0 Å². The first-order valence-corrected chi connectivity index (χ1v) is 7.43. The molecule has 0 saturated heterocycles. The van der Waals surface area contributed by atoms with Crippen molar-refractivity contribution >= 4 is 11.3 Å². The zero-order chi connectivity index (χ0) is 12.4. The molecule has 1 atom stereocenters. The number of nitrogens with one attached hydrogen (secondary N) is 1. The zero-order valence-electron chi connectivity index (χ0n) is 10.6. The van der Waals surface area contributed by atoms with E-state index in [1.165, 1.54) is 29.0 Å². The van der Waals surface area contributed by atoms with Crippen LogP contribution in [-0.2, 0) is 12.8 Å². The van der Waals surface area contributed by atoms with Gasteiger partial charge in [-0.3, -0.25) is 0 Å². The van der Waals surface area contributed by atoms with Crippen LogP contribution in [0.3, 0.4) is 0 Å². The van der Waals surface area contributed by atoms with E-state index in [0.29, 0.717) is 6.04 Å². The molecular formula is C15H18N2S. The largest absolute Gasteiger partial charge is 0.310 e. The number of thiazole rings is 1. The van der Waals surface area contributed by atoms with Crippen molar-refractivity contribution in [1.29, 1.82) is 0 Å². The van der Waals surface area contributed by atoms with Crippen molar-refractivity contribution in [3.05, 3.63) is 51.5 Å². The highest BCUT2D eigenvalue weighted by molar-refractivity contribution is 7.09. The van der Waals surface area contributed by atoms with E-state index in [0.717, 1.165) is 18.7 Å². The summed E-state index contributed by atoms with van der Waals surface area (Å²) in [7, 11) is 0. The van der Waals surface area contributed by atoms with Gasteiger partial charge in [-0.2, -0.15) is 0 Å². The normalized spacial score (nSPS) is 17.9. The first-order valence-electron chi connectivity index (χ1n) is 6.55. The summed E-state index contributed by atoms with van der Waals surface area (Å²) in [5, 5.41) is 7.03. The summed E-state index contributed by atoms with van der Waals surface area (Å²) in [5.41, 5.74) is 4.15. The number of aryl methyl sites for hydroxylation is 2. The second-order valence-electron chi connectivity index (χ2n) is 4.88. The lowest BCUT2D eigenvalue weighted by Crippen LogP contribution is -2.21. The predicted octanol–water partition coefficient (Wildman–Crippen LogP) is 3.27. The Kier molecular flexibility index (Phi) is 3.43. The maximum absolute atomic E-state index is 4.50. The standard InChI is InChI=1S/C15H18N2S/c1-11-10-18-15(17-11)8-9-16-14-7-6-12-4-2-3-5-13(12)14/h2-5,10,14,16H,6-9H2,1H3. The monoisotopic (exact) mass is 258 g/mol. The molecule has 2 nitrogen and oxygen atoms in total. The van der Waals surface area contributed by atoms with Gasteiger partial charge in [0.25, 0.3) is 0 Å². The number of benzene rings is 1. The highest BCUT2D eigenvalue weighted by Crippen LogP contribution is 2.30. The van der Waals surface area contributed by atoms with E-state index >= 15 is 0 Å². The molecule has 0 aliphatic heterocycles. The molecule has 1 heterocycles. The smallest absolute Gasteiger partial charge is 0.0940 e. The van der Waals surface area contributed by atoms with Crippen LogP contribution in [0.25, 0.3) is 0 Å². The highest BCUT2D eigenvalue weighted by Gasteiger charge is 2.20. The molecule has 1 unspecified atom stereocenters. The van der Waals surface area contributed by atoms with Crippen molar-refractivity contribution in [3.8, 4) is 0 Å². The second-order valence-corrected chi connectivity index (χ2v) is 5.82. The van der Waals surface area contributed by atoms with Crippen molar-refractivity contribution in [1.82, 2.24) is 10.3 Å². The second kappa shape index (κ2) is 5.21. The van der Waals surface area contributed by atoms with Crippen LogP contribution in [0, 0.1) is 6.92 Å². The van der Waals surface area contributed by atoms with Gasteiger partial charge in [0.05, 0.1) is 5.01 Å². The molecule has 1 aliphatic carbocycles. The first-order chi connectivity index (χ1) is 8.83. The van der Waals surface area contributed by atoms with Gasteiger partial charge in [0, 0.05) is 30.1 Å². The predicted molar refractivity (Wildman–Crippen MR) is 76.1 cm³/mol. The molecule has 0 spiro atoms. The number of hydrogen-bond acceptors (Lipinski definition) is 3. The Bertz CT molecular complexity index is 533. The average Bonchev–Trinajstić information content (AvgIpc) is 2.97. The lowest BCUT2D eigenvalue weighted by molar-refractivity contribution is 0.533. The van der Waals surface area contributed by atoms with Crippen LogP contribution in [0.15, 0.2) is 29.6 Å². The number of nitrogens with zero attached hydrogens (tertiary/aromatic N) is 1. The number of fused-ring (bicyclic) bond motifs is 1. The fourth-order valence-corrected chi connectivity index (χ4v) is 3.42. The number of rotatable bonds is 4. The lowest BCUT2D eigenvalue weighted by atomic mass is 10.1. The summed E-state index contributed by atoms with van der Waals surface area (Å²) >= 11 is 1.77. The number of hydrogen-bond donors (Lipinski definition) is 1. The van der Waals surface area contributed by atoms with Gasteiger partial charge < -0.3 is 5.32 Å². The van der Waals surface area contributed by atoms with E-state index in [-0.39, 0.29) is 0 Å². The van der Waals surface area contributed by atoms with Crippen molar-refractivity contribution < 1.29 is 0 Å². The van der Waals surface area contributed by atoms with E-state index in [4.69, 9.17) is 0 Å². The van der Waals surface area contributed by atoms with Crippen molar-refractivity contribution in [2.75, 3.05) is 6.54 Å². The first kappa shape index (κ1) is 11.9. The van der Waals surface area contributed by atoms with Gasteiger partial charge in [0.15, 0.2) is 0 Å². The van der Waals surface area contributed by atoms with Crippen molar-refractivity contribution in [3.63, 3.8) is 0 Å². The molecule has 0 saturated carbocycles. The Morgan fingerprint density at radius 3 is 3.11 bits per heavy atom. The highest BCUT2D eigenvalue weighted by atomic mass is 32.1. The Labute approximate surface area is 112 Å². The third kappa shape index (κ3) is 2.47. The van der Waals surface area contributed by atoms with E-state index < -0.39 is 0 Å². The minimum Gasteiger partial charge on any atom is -0.310 e. The molecule has 0 radical (unpaired) electrons. The summed E-state index contributed by atoms with van der Waals surface area (Å²) in [5.74, 6) is 0. The van der Waals surface area contributed by atoms with Crippen LogP contribution in [0.1, 0.15) is 34.3 Å². The molecule has 0 amide bonds. The summed E-state index contributed by atoms with van der Waals surface area (Å²) in [6, 6.07) is 9.33. The van der Waals surface area contributed by atoms with Crippen molar-refractivity contribution in [2.45, 2.75) is 32.2 Å². The molecule has 0 bridgehead atoms. The van der Waals surface area contributed by atoms with E-state index in [1.54, 1.807) is 11.3 Å². The lowest BCUT2D eigenvalue weighted by Gasteiger charge is -2.13. The van der Waals surface area contributed by atoms with Gasteiger partial charge in [-0.15, -0.1) is 11.3 Å². The van der Waals surface area contributed by atoms with E-state index in [1.807, 2.05) is 0 Å². The topological polar surface area (TPSA) is 24.9 Å². The summed E-state index contributed by atoms with van der Waals surface area (Å²) in [6.07, 6.45) is 3.48. The number of aromatic nitrogens is 1. The molecule has 1 aliphatic rings. The Morgan fingerprint density at radius 1 is 1.39 bits per heavy atom. The van der Waals surface area contributed by atoms with Crippen LogP contribution in [-0.4, -0.2) is 11.5 Å². The van der Waals surface area contributed by atoms with Gasteiger partial charge in [-0.25, -0.2) is 4.98 Å². The molecule has 1 N–H and O–H groups in total. The van der Waals surface area contributed by atoms with Crippen molar-refractivity contribution in [2.24, 2.45) is 0 Å². The van der Waals surface area contributed by atoms with Crippen LogP contribution in [0.2, 0.25) is 0 Å². The molecule has 1 aromatic heterocycles. The Hall–Kier alpha value is -1.19. The summed E-state index contributed by atoms with van der Waals surface area (Å²) in [4.78, 5) is 4.50. The quantitative estimate of drug-likeness (QED) is 0.910. The summed E-state index contributed by atoms with van der Waals surface area (Å²) < 4.78 is 0. The molecule has 18 heavy (non-hydrogen) atoms. The maximum Gasteiger partial charge on any atom is 0.0940 e. The summed E-state index contributed by atoms with van der Waals surface area (Å²) in [6.45, 7) is 3.08. The Balaban J connectivity index is 1.56.